The molecule has 0 bridgehead atoms. The van der Waals surface area contributed by atoms with Gasteiger partial charge in [0.05, 0.1) is 19.7 Å². The van der Waals surface area contributed by atoms with Crippen LogP contribution in [0.15, 0.2) is 84.1 Å². The number of fused-ring (bicyclic) bond motifs is 1. The lowest BCUT2D eigenvalue weighted by Gasteiger charge is -2.13. The van der Waals surface area contributed by atoms with Gasteiger partial charge in [-0.2, -0.15) is 0 Å². The molecule has 0 atom stereocenters. The third kappa shape index (κ3) is 5.24. The summed E-state index contributed by atoms with van der Waals surface area (Å²) in [6.07, 6.45) is 1.73. The number of amides is 1. The van der Waals surface area contributed by atoms with Crippen LogP contribution in [0.3, 0.4) is 0 Å². The summed E-state index contributed by atoms with van der Waals surface area (Å²) in [4.78, 5) is 22.1. The predicted octanol–water partition coefficient (Wildman–Crippen LogP) is 5.39. The van der Waals surface area contributed by atoms with E-state index in [-0.39, 0.29) is 11.6 Å². The Morgan fingerprint density at radius 1 is 0.882 bits per heavy atom. The van der Waals surface area contributed by atoms with Crippen LogP contribution >= 0.6 is 0 Å². The number of nitrogens with zero attached hydrogens (tertiary/aromatic N) is 2. The number of hydrogen-bond donors (Lipinski definition) is 2. The van der Waals surface area contributed by atoms with Gasteiger partial charge >= 0.3 is 0 Å². The van der Waals surface area contributed by atoms with Gasteiger partial charge in [-0.1, -0.05) is 23.4 Å². The number of aromatic nitrogens is 1. The van der Waals surface area contributed by atoms with E-state index in [4.69, 9.17) is 14.3 Å². The maximum atomic E-state index is 12.4. The minimum atomic E-state index is -0.349. The summed E-state index contributed by atoms with van der Waals surface area (Å²) < 4.78 is 10.8. The van der Waals surface area contributed by atoms with Crippen molar-refractivity contribution in [3.05, 3.63) is 79.0 Å². The monoisotopic (exact) mass is 456 g/mol. The van der Waals surface area contributed by atoms with Crippen molar-refractivity contribution in [2.45, 2.75) is 6.92 Å². The van der Waals surface area contributed by atoms with Crippen LogP contribution in [-0.2, 0) is 4.79 Å². The molecule has 0 spiro atoms. The third-order valence-electron chi connectivity index (χ3n) is 5.03. The molecule has 0 aliphatic heterocycles. The number of nitrogens with one attached hydrogen (secondary N) is 2. The van der Waals surface area contributed by atoms with E-state index in [1.807, 2.05) is 48.5 Å². The van der Waals surface area contributed by atoms with Gasteiger partial charge < -0.3 is 24.9 Å². The number of rotatable bonds is 8. The predicted molar refractivity (Wildman–Crippen MR) is 133 cm³/mol. The Hall–Kier alpha value is -4.59. The molecule has 0 fully saturated rings. The van der Waals surface area contributed by atoms with Crippen LogP contribution in [0.4, 0.5) is 17.1 Å². The molecule has 172 valence electrons. The molecule has 0 unspecified atom stereocenters. The molecule has 8 heteroatoms. The molecule has 0 saturated heterocycles. The molecule has 34 heavy (non-hydrogen) atoms. The second-order valence-corrected chi connectivity index (χ2v) is 7.32. The van der Waals surface area contributed by atoms with E-state index >= 15 is 0 Å². The van der Waals surface area contributed by atoms with Crippen LogP contribution < -0.4 is 24.9 Å². The fourth-order valence-electron chi connectivity index (χ4n) is 3.24. The Bertz CT molecular complexity index is 1320. The second kappa shape index (κ2) is 10.4. The summed E-state index contributed by atoms with van der Waals surface area (Å²) in [6, 6.07) is 22.0. The van der Waals surface area contributed by atoms with Gasteiger partial charge in [-0.3, -0.25) is 9.78 Å². The molecule has 2 N–H and O–H groups in total. The van der Waals surface area contributed by atoms with E-state index < -0.39 is 0 Å². The maximum absolute atomic E-state index is 12.4. The molecule has 1 aromatic heterocycles. The highest BCUT2D eigenvalue weighted by atomic mass is 16.6. The number of pyridine rings is 1. The number of carbonyl (C=O) groups is 1. The van der Waals surface area contributed by atoms with Gasteiger partial charge in [-0.15, -0.1) is 0 Å². The van der Waals surface area contributed by atoms with Crippen molar-refractivity contribution in [1.82, 2.24) is 4.98 Å². The second-order valence-electron chi connectivity index (χ2n) is 7.32. The van der Waals surface area contributed by atoms with E-state index in [1.54, 1.807) is 51.6 Å². The lowest BCUT2D eigenvalue weighted by molar-refractivity contribution is -0.110. The Morgan fingerprint density at radius 2 is 1.56 bits per heavy atom. The highest BCUT2D eigenvalue weighted by Gasteiger charge is 2.11. The largest absolute Gasteiger partial charge is 0.493 e. The Kier molecular flexibility index (Phi) is 6.88. The highest BCUT2D eigenvalue weighted by Crippen LogP contribution is 2.35. The Balaban J connectivity index is 1.45. The first kappa shape index (κ1) is 22.6. The van der Waals surface area contributed by atoms with Crippen LogP contribution in [0.1, 0.15) is 6.92 Å². The number of carbonyl (C=O) groups excluding carboxylic acids is 1. The molecule has 0 saturated carbocycles. The van der Waals surface area contributed by atoms with Crippen molar-refractivity contribution in [3.63, 3.8) is 0 Å². The Labute approximate surface area is 197 Å². The number of methoxy groups -OCH3 is 2. The highest BCUT2D eigenvalue weighted by molar-refractivity contribution is 6.42. The van der Waals surface area contributed by atoms with Gasteiger partial charge in [-0.25, -0.2) is 0 Å². The van der Waals surface area contributed by atoms with E-state index in [9.17, 15) is 4.79 Å². The Morgan fingerprint density at radius 3 is 2.26 bits per heavy atom. The van der Waals surface area contributed by atoms with Gasteiger partial charge in [0.1, 0.15) is 5.71 Å². The molecule has 4 aromatic rings. The van der Waals surface area contributed by atoms with Gasteiger partial charge in [0, 0.05) is 34.7 Å². The summed E-state index contributed by atoms with van der Waals surface area (Å²) in [5.74, 6) is 1.45. The number of anilines is 3. The van der Waals surface area contributed by atoms with Crippen LogP contribution in [0.2, 0.25) is 0 Å². The number of oxime groups is 1. The third-order valence-corrected chi connectivity index (χ3v) is 5.03. The van der Waals surface area contributed by atoms with Gasteiger partial charge in [-0.05, 0) is 55.5 Å². The normalized spacial score (nSPS) is 11.1. The van der Waals surface area contributed by atoms with E-state index in [1.165, 1.54) is 0 Å². The van der Waals surface area contributed by atoms with Crippen molar-refractivity contribution in [1.29, 1.82) is 0 Å². The summed E-state index contributed by atoms with van der Waals surface area (Å²) in [7, 11) is 3.19. The van der Waals surface area contributed by atoms with Crippen LogP contribution in [0.25, 0.3) is 10.9 Å². The van der Waals surface area contributed by atoms with Crippen molar-refractivity contribution >= 4 is 39.6 Å². The lowest BCUT2D eigenvalue weighted by Crippen LogP contribution is -2.20. The topological polar surface area (TPSA) is 94.1 Å². The first-order valence-electron chi connectivity index (χ1n) is 10.5. The first-order valence-corrected chi connectivity index (χ1v) is 10.5. The first-order chi connectivity index (χ1) is 16.6. The SMILES string of the molecule is COc1cc2nccc(Nc3ccc(NC(=O)/C(C)=N/Oc4ccccc4)cc3)c2cc1OC. The molecule has 8 nitrogen and oxygen atoms in total. The standard InChI is InChI=1S/C26H24N4O4/c1-17(30-34-20-7-5-4-6-8-20)26(31)29-19-11-9-18(10-12-19)28-22-13-14-27-23-16-25(33-3)24(32-2)15-21(22)23/h4-16H,1-3H3,(H,27,28)(H,29,31)/b30-17+. The van der Waals surface area contributed by atoms with Crippen LogP contribution in [0, 0.1) is 0 Å². The molecule has 0 aliphatic carbocycles. The average Bonchev–Trinajstić information content (AvgIpc) is 2.88. The van der Waals surface area contributed by atoms with Crippen LogP contribution in [0.5, 0.6) is 17.2 Å². The summed E-state index contributed by atoms with van der Waals surface area (Å²) in [6.45, 7) is 1.59. The molecule has 3 aromatic carbocycles. The van der Waals surface area contributed by atoms with Crippen molar-refractivity contribution in [3.8, 4) is 17.2 Å². The number of benzene rings is 3. The molecule has 0 radical (unpaired) electrons. The summed E-state index contributed by atoms with van der Waals surface area (Å²) in [5, 5.41) is 11.0. The van der Waals surface area contributed by atoms with E-state index in [2.05, 4.69) is 20.8 Å². The van der Waals surface area contributed by atoms with Crippen molar-refractivity contribution < 1.29 is 19.1 Å². The minimum absolute atomic E-state index is 0.207. The van der Waals surface area contributed by atoms with Gasteiger partial charge in [0.2, 0.25) is 0 Å². The lowest BCUT2D eigenvalue weighted by atomic mass is 10.1. The van der Waals surface area contributed by atoms with Gasteiger partial charge in [0.25, 0.3) is 5.91 Å². The fraction of sp³-hybridized carbons (Fsp3) is 0.115. The zero-order valence-corrected chi connectivity index (χ0v) is 19.0. The molecule has 1 heterocycles. The molecule has 4 rings (SSSR count). The van der Waals surface area contributed by atoms with E-state index in [0.717, 1.165) is 22.3 Å². The fourth-order valence-corrected chi connectivity index (χ4v) is 3.24. The maximum Gasteiger partial charge on any atom is 0.273 e. The average molecular weight is 457 g/mol. The summed E-state index contributed by atoms with van der Waals surface area (Å²) in [5.41, 5.74) is 3.33. The van der Waals surface area contributed by atoms with Crippen molar-refractivity contribution in [2.75, 3.05) is 24.9 Å². The number of para-hydroxylation sites is 1. The van der Waals surface area contributed by atoms with E-state index in [0.29, 0.717) is 22.9 Å². The summed E-state index contributed by atoms with van der Waals surface area (Å²) >= 11 is 0. The molecule has 1 amide bonds. The van der Waals surface area contributed by atoms with Gasteiger partial charge in [0.15, 0.2) is 17.2 Å². The van der Waals surface area contributed by atoms with Crippen molar-refractivity contribution in [2.24, 2.45) is 5.16 Å². The smallest absolute Gasteiger partial charge is 0.273 e. The molecular formula is C26H24N4O4. The number of hydrogen-bond acceptors (Lipinski definition) is 7. The quantitative estimate of drug-likeness (QED) is 0.273. The van der Waals surface area contributed by atoms with Crippen LogP contribution in [-0.4, -0.2) is 30.8 Å². The number of ether oxygens (including phenoxy) is 2. The zero-order chi connectivity index (χ0) is 23.9. The zero-order valence-electron chi connectivity index (χ0n) is 19.0. The molecule has 0 aliphatic rings. The molecular weight excluding hydrogens is 432 g/mol. The minimum Gasteiger partial charge on any atom is -0.493 e.